The summed E-state index contributed by atoms with van der Waals surface area (Å²) in [4.78, 5) is 25.8. The molecule has 0 bridgehead atoms. The van der Waals surface area contributed by atoms with Crippen LogP contribution in [0, 0.1) is 17.0 Å². The lowest BCUT2D eigenvalue weighted by atomic mass is 10.4. The molecule has 0 saturated heterocycles. The van der Waals surface area contributed by atoms with E-state index in [0.29, 0.717) is 12.2 Å². The number of nitrogens with one attached hydrogen (secondary N) is 1. The summed E-state index contributed by atoms with van der Waals surface area (Å²) in [5.74, 6) is -0.0815. The Morgan fingerprint density at radius 3 is 2.70 bits per heavy atom. The van der Waals surface area contributed by atoms with Gasteiger partial charge in [0.15, 0.2) is 5.69 Å². The molecule has 2 heterocycles. The Labute approximate surface area is 112 Å². The zero-order chi connectivity index (χ0) is 14.9. The van der Waals surface area contributed by atoms with Crippen molar-refractivity contribution in [2.45, 2.75) is 20.4 Å². The highest BCUT2D eigenvalue weighted by Gasteiger charge is 2.18. The molecule has 106 valence electrons. The van der Waals surface area contributed by atoms with Crippen molar-refractivity contribution >= 4 is 17.5 Å². The maximum Gasteiger partial charge on any atom is 0.344 e. The second-order valence-electron chi connectivity index (χ2n) is 4.07. The fraction of sp³-hybridized carbons (Fsp3) is 0.400. The summed E-state index contributed by atoms with van der Waals surface area (Å²) in [7, 11) is 1.56. The molecule has 0 atom stereocenters. The highest BCUT2D eigenvalue weighted by Crippen LogP contribution is 2.22. The third-order valence-corrected chi connectivity index (χ3v) is 2.75. The fourth-order valence-corrected chi connectivity index (χ4v) is 1.77. The predicted octanol–water partition coefficient (Wildman–Crippen LogP) is 1.56. The summed E-state index contributed by atoms with van der Waals surface area (Å²) in [6.45, 7) is 3.74. The van der Waals surface area contributed by atoms with E-state index in [0.717, 1.165) is 6.20 Å². The molecule has 0 aromatic carbocycles. The minimum atomic E-state index is -0.546. The average Bonchev–Trinajstić information content (AvgIpc) is 2.90. The number of H-pyrrole nitrogens is 1. The Morgan fingerprint density at radius 2 is 2.20 bits per heavy atom. The molecule has 0 aliphatic carbocycles. The third-order valence-electron chi connectivity index (χ3n) is 2.75. The van der Waals surface area contributed by atoms with Crippen LogP contribution in [0.15, 0.2) is 21.2 Å². The Hall–Kier alpha value is -2.78. The Morgan fingerprint density at radius 1 is 1.50 bits per heavy atom. The van der Waals surface area contributed by atoms with E-state index in [9.17, 15) is 14.9 Å². The minimum absolute atomic E-state index is 0.0850. The fourth-order valence-electron chi connectivity index (χ4n) is 1.77. The van der Waals surface area contributed by atoms with E-state index in [-0.39, 0.29) is 23.0 Å². The number of aromatic amines is 1. The lowest BCUT2D eigenvalue weighted by Gasteiger charge is -1.96. The molecule has 0 spiro atoms. The maximum absolute atomic E-state index is 11.7. The summed E-state index contributed by atoms with van der Waals surface area (Å²) >= 11 is 0. The molecular weight excluding hydrogens is 266 g/mol. The summed E-state index contributed by atoms with van der Waals surface area (Å²) in [5, 5.41) is 21.2. The molecule has 0 saturated carbocycles. The van der Waals surface area contributed by atoms with E-state index in [1.165, 1.54) is 9.25 Å². The van der Waals surface area contributed by atoms with E-state index < -0.39 is 4.92 Å². The molecule has 0 radical (unpaired) electrons. The molecule has 10 heteroatoms. The molecule has 0 aliphatic rings. The van der Waals surface area contributed by atoms with Gasteiger partial charge in [0, 0.05) is 7.05 Å². The predicted molar refractivity (Wildman–Crippen MR) is 69.5 cm³/mol. The molecule has 2 rings (SSSR count). The first kappa shape index (κ1) is 13.6. The van der Waals surface area contributed by atoms with Crippen LogP contribution in [0.3, 0.4) is 0 Å². The Balaban J connectivity index is 2.42. The van der Waals surface area contributed by atoms with Gasteiger partial charge in [-0.1, -0.05) is 5.11 Å². The molecule has 0 amide bonds. The lowest BCUT2D eigenvalue weighted by molar-refractivity contribution is -0.392. The monoisotopic (exact) mass is 279 g/mol. The zero-order valence-corrected chi connectivity index (χ0v) is 11.2. The van der Waals surface area contributed by atoms with Crippen LogP contribution in [-0.4, -0.2) is 24.3 Å². The number of imidazole rings is 1. The van der Waals surface area contributed by atoms with Crippen LogP contribution < -0.4 is 5.56 Å². The van der Waals surface area contributed by atoms with Gasteiger partial charge in [-0.2, -0.15) is 9.55 Å². The quantitative estimate of drug-likeness (QED) is 0.518. The van der Waals surface area contributed by atoms with Crippen molar-refractivity contribution in [3.8, 4) is 0 Å². The van der Waals surface area contributed by atoms with Crippen molar-refractivity contribution in [1.29, 1.82) is 0 Å². The largest absolute Gasteiger partial charge is 0.358 e. The molecular formula is C10H13N7O3. The van der Waals surface area contributed by atoms with Crippen molar-refractivity contribution in [3.63, 3.8) is 0 Å². The van der Waals surface area contributed by atoms with Crippen LogP contribution in [0.5, 0.6) is 0 Å². The van der Waals surface area contributed by atoms with E-state index in [1.54, 1.807) is 20.9 Å². The van der Waals surface area contributed by atoms with Crippen LogP contribution in [0.4, 0.5) is 17.5 Å². The van der Waals surface area contributed by atoms with Crippen molar-refractivity contribution in [2.24, 2.45) is 17.3 Å². The molecule has 0 fully saturated rings. The molecule has 0 unspecified atom stereocenters. The first-order valence-corrected chi connectivity index (χ1v) is 5.83. The van der Waals surface area contributed by atoms with Crippen LogP contribution in [-0.2, 0) is 13.6 Å². The van der Waals surface area contributed by atoms with Gasteiger partial charge < -0.3 is 10.1 Å². The third kappa shape index (κ3) is 2.22. The molecule has 10 nitrogen and oxygen atoms in total. The van der Waals surface area contributed by atoms with Gasteiger partial charge in [0.25, 0.3) is 5.56 Å². The summed E-state index contributed by atoms with van der Waals surface area (Å²) < 4.78 is 2.58. The smallest absolute Gasteiger partial charge is 0.344 e. The average molecular weight is 279 g/mol. The molecule has 0 aliphatic heterocycles. The molecule has 1 N–H and O–H groups in total. The van der Waals surface area contributed by atoms with Crippen LogP contribution in [0.2, 0.25) is 0 Å². The number of aryl methyl sites for hydroxylation is 2. The van der Waals surface area contributed by atoms with E-state index in [2.05, 4.69) is 20.3 Å². The Bertz CT molecular complexity index is 737. The normalized spacial score (nSPS) is 11.3. The standard InChI is InChI=1S/C10H13N7O3/c1-4-16-7(17(19)20)5-11-10(16)13-12-8-6(2)14-15(3)9(8)18/h5,14H,4H2,1-3H3. The van der Waals surface area contributed by atoms with Gasteiger partial charge in [-0.15, -0.1) is 5.11 Å². The SMILES string of the molecule is CCn1c([N+](=O)[O-])cnc1N=Nc1c(C)[nH]n(C)c1=O. The highest BCUT2D eigenvalue weighted by atomic mass is 16.6. The van der Waals surface area contributed by atoms with Crippen molar-refractivity contribution in [2.75, 3.05) is 0 Å². The number of rotatable bonds is 4. The number of hydrogen-bond acceptors (Lipinski definition) is 6. The summed E-state index contributed by atoms with van der Waals surface area (Å²) in [6, 6.07) is 0. The summed E-state index contributed by atoms with van der Waals surface area (Å²) in [5.41, 5.74) is 0.390. The van der Waals surface area contributed by atoms with Gasteiger partial charge in [0.2, 0.25) is 0 Å². The van der Waals surface area contributed by atoms with Crippen LogP contribution in [0.25, 0.3) is 0 Å². The van der Waals surface area contributed by atoms with Crippen molar-refractivity contribution in [3.05, 3.63) is 32.4 Å². The molecule has 2 aromatic heterocycles. The van der Waals surface area contributed by atoms with Gasteiger partial charge >= 0.3 is 11.8 Å². The van der Waals surface area contributed by atoms with Gasteiger partial charge in [-0.3, -0.25) is 14.6 Å². The topological polar surface area (TPSA) is 123 Å². The van der Waals surface area contributed by atoms with Gasteiger partial charge in [-0.25, -0.2) is 0 Å². The van der Waals surface area contributed by atoms with Crippen LogP contribution in [0.1, 0.15) is 12.6 Å². The number of azo groups is 1. The second kappa shape index (κ2) is 5.07. The minimum Gasteiger partial charge on any atom is -0.358 e. The van der Waals surface area contributed by atoms with Gasteiger partial charge in [0.1, 0.15) is 6.20 Å². The van der Waals surface area contributed by atoms with E-state index >= 15 is 0 Å². The first-order chi connectivity index (χ1) is 9.45. The van der Waals surface area contributed by atoms with Crippen molar-refractivity contribution < 1.29 is 4.92 Å². The maximum atomic E-state index is 11.7. The molecule has 2 aromatic rings. The zero-order valence-electron chi connectivity index (χ0n) is 11.2. The van der Waals surface area contributed by atoms with Crippen molar-refractivity contribution in [1.82, 2.24) is 19.3 Å². The number of hydrogen-bond donors (Lipinski definition) is 1. The van der Waals surface area contributed by atoms with E-state index in [1.807, 2.05) is 0 Å². The first-order valence-electron chi connectivity index (χ1n) is 5.83. The van der Waals surface area contributed by atoms with E-state index in [4.69, 9.17) is 0 Å². The molecule has 20 heavy (non-hydrogen) atoms. The summed E-state index contributed by atoms with van der Waals surface area (Å²) in [6.07, 6.45) is 1.11. The Kier molecular flexibility index (Phi) is 3.46. The van der Waals surface area contributed by atoms with Crippen LogP contribution >= 0.6 is 0 Å². The number of nitro groups is 1. The second-order valence-corrected chi connectivity index (χ2v) is 4.07. The number of aromatic nitrogens is 4. The lowest BCUT2D eigenvalue weighted by Crippen LogP contribution is -2.10. The number of nitrogens with zero attached hydrogens (tertiary/aromatic N) is 6. The highest BCUT2D eigenvalue weighted by molar-refractivity contribution is 5.39. The van der Waals surface area contributed by atoms with Gasteiger partial charge in [0.05, 0.1) is 12.2 Å². The van der Waals surface area contributed by atoms with Gasteiger partial charge in [-0.05, 0) is 18.8 Å².